The van der Waals surface area contributed by atoms with E-state index in [4.69, 9.17) is 4.74 Å². The summed E-state index contributed by atoms with van der Waals surface area (Å²) in [6, 6.07) is 0. The first-order valence-corrected chi connectivity index (χ1v) is 6.26. The fourth-order valence-electron chi connectivity index (χ4n) is 2.13. The van der Waals surface area contributed by atoms with Gasteiger partial charge in [0.05, 0.1) is 18.4 Å². The smallest absolute Gasteiger partial charge is 0.187 e. The van der Waals surface area contributed by atoms with Crippen molar-refractivity contribution in [3.63, 3.8) is 0 Å². The second kappa shape index (κ2) is 6.06. The number of hydrogen-bond donors (Lipinski definition) is 1. The number of nitrogens with one attached hydrogen (secondary N) is 1. The van der Waals surface area contributed by atoms with E-state index in [1.807, 2.05) is 18.9 Å². The van der Waals surface area contributed by atoms with E-state index in [2.05, 4.69) is 15.3 Å². The first kappa shape index (κ1) is 13.2. The topological polar surface area (TPSA) is 50.3 Å². The number of aromatic nitrogens is 2. The minimum absolute atomic E-state index is 0.0724. The third-order valence-electron chi connectivity index (χ3n) is 3.05. The molecule has 100 valence electrons. The van der Waals surface area contributed by atoms with Crippen LogP contribution in [0.3, 0.4) is 0 Å². The molecule has 1 aromatic heterocycles. The maximum absolute atomic E-state index is 14.1. The van der Waals surface area contributed by atoms with Crippen LogP contribution in [0.2, 0.25) is 0 Å². The van der Waals surface area contributed by atoms with Gasteiger partial charge in [-0.3, -0.25) is 0 Å². The van der Waals surface area contributed by atoms with Gasteiger partial charge in [0.2, 0.25) is 0 Å². The SMILES string of the molecule is CCc1ncnc(N2CCOC(CNC)C2)c1F. The van der Waals surface area contributed by atoms with Gasteiger partial charge in [-0.15, -0.1) is 0 Å². The minimum Gasteiger partial charge on any atom is -0.373 e. The van der Waals surface area contributed by atoms with Crippen LogP contribution in [0.25, 0.3) is 0 Å². The first-order chi connectivity index (χ1) is 8.76. The highest BCUT2D eigenvalue weighted by Gasteiger charge is 2.24. The lowest BCUT2D eigenvalue weighted by molar-refractivity contribution is 0.0416. The summed E-state index contributed by atoms with van der Waals surface area (Å²) in [5.41, 5.74) is 0.469. The molecule has 1 aliphatic heterocycles. The monoisotopic (exact) mass is 254 g/mol. The van der Waals surface area contributed by atoms with Crippen molar-refractivity contribution >= 4 is 5.82 Å². The Morgan fingerprint density at radius 3 is 3.11 bits per heavy atom. The number of aryl methyl sites for hydroxylation is 1. The van der Waals surface area contributed by atoms with Crippen LogP contribution < -0.4 is 10.2 Å². The van der Waals surface area contributed by atoms with Crippen molar-refractivity contribution in [1.29, 1.82) is 0 Å². The van der Waals surface area contributed by atoms with Gasteiger partial charge in [0.1, 0.15) is 6.33 Å². The normalized spacial score (nSPS) is 20.2. The molecule has 18 heavy (non-hydrogen) atoms. The summed E-state index contributed by atoms with van der Waals surface area (Å²) < 4.78 is 19.7. The van der Waals surface area contributed by atoms with Gasteiger partial charge in [-0.25, -0.2) is 14.4 Å². The fraction of sp³-hybridized carbons (Fsp3) is 0.667. The highest BCUT2D eigenvalue weighted by molar-refractivity contribution is 5.41. The lowest BCUT2D eigenvalue weighted by Gasteiger charge is -2.33. The summed E-state index contributed by atoms with van der Waals surface area (Å²) in [4.78, 5) is 9.95. The van der Waals surface area contributed by atoms with Gasteiger partial charge in [0, 0.05) is 19.6 Å². The highest BCUT2D eigenvalue weighted by atomic mass is 19.1. The van der Waals surface area contributed by atoms with Crippen LogP contribution in [0.1, 0.15) is 12.6 Å². The number of anilines is 1. The second-order valence-electron chi connectivity index (χ2n) is 4.31. The van der Waals surface area contributed by atoms with Crippen LogP contribution in [0.5, 0.6) is 0 Å². The van der Waals surface area contributed by atoms with Crippen LogP contribution >= 0.6 is 0 Å². The molecule has 1 fully saturated rings. The molecule has 1 N–H and O–H groups in total. The molecule has 2 heterocycles. The van der Waals surface area contributed by atoms with Crippen molar-refractivity contribution in [2.24, 2.45) is 0 Å². The molecular weight excluding hydrogens is 235 g/mol. The quantitative estimate of drug-likeness (QED) is 0.853. The van der Waals surface area contributed by atoms with E-state index in [-0.39, 0.29) is 11.9 Å². The van der Waals surface area contributed by atoms with E-state index >= 15 is 0 Å². The number of hydrogen-bond acceptors (Lipinski definition) is 5. The number of halogens is 1. The predicted molar refractivity (Wildman–Crippen MR) is 67.2 cm³/mol. The Bertz CT molecular complexity index is 400. The number of rotatable bonds is 4. The van der Waals surface area contributed by atoms with Gasteiger partial charge in [-0.05, 0) is 13.5 Å². The zero-order valence-electron chi connectivity index (χ0n) is 10.8. The molecule has 0 spiro atoms. The minimum atomic E-state index is -0.301. The van der Waals surface area contributed by atoms with Gasteiger partial charge in [0.15, 0.2) is 11.6 Å². The third kappa shape index (κ3) is 2.76. The average Bonchev–Trinajstić information content (AvgIpc) is 2.40. The van der Waals surface area contributed by atoms with Crippen molar-refractivity contribution in [2.45, 2.75) is 19.4 Å². The molecule has 0 aliphatic carbocycles. The summed E-state index contributed by atoms with van der Waals surface area (Å²) in [5, 5.41) is 3.07. The van der Waals surface area contributed by atoms with Gasteiger partial charge in [0.25, 0.3) is 0 Å². The lowest BCUT2D eigenvalue weighted by atomic mass is 10.2. The molecule has 0 saturated carbocycles. The van der Waals surface area contributed by atoms with E-state index in [0.29, 0.717) is 37.6 Å². The van der Waals surface area contributed by atoms with Crippen molar-refractivity contribution < 1.29 is 9.13 Å². The van der Waals surface area contributed by atoms with Gasteiger partial charge in [-0.1, -0.05) is 6.92 Å². The fourth-order valence-corrected chi connectivity index (χ4v) is 2.13. The predicted octanol–water partition coefficient (Wildman–Crippen LogP) is 0.603. The molecule has 5 nitrogen and oxygen atoms in total. The number of morpholine rings is 1. The molecule has 0 aromatic carbocycles. The molecule has 0 radical (unpaired) electrons. The van der Waals surface area contributed by atoms with Crippen molar-refractivity contribution in [3.05, 3.63) is 17.8 Å². The summed E-state index contributed by atoms with van der Waals surface area (Å²) in [5.74, 6) is 0.0939. The average molecular weight is 254 g/mol. The van der Waals surface area contributed by atoms with Crippen LogP contribution in [0.4, 0.5) is 10.2 Å². The van der Waals surface area contributed by atoms with Gasteiger partial charge >= 0.3 is 0 Å². The van der Waals surface area contributed by atoms with Gasteiger partial charge in [-0.2, -0.15) is 0 Å². The maximum Gasteiger partial charge on any atom is 0.187 e. The van der Waals surface area contributed by atoms with Crippen LogP contribution in [0.15, 0.2) is 6.33 Å². The highest BCUT2D eigenvalue weighted by Crippen LogP contribution is 2.20. The third-order valence-corrected chi connectivity index (χ3v) is 3.05. The van der Waals surface area contributed by atoms with E-state index in [1.54, 1.807) is 0 Å². The van der Waals surface area contributed by atoms with Crippen LogP contribution in [-0.4, -0.2) is 49.4 Å². The van der Waals surface area contributed by atoms with E-state index in [1.165, 1.54) is 6.33 Å². The van der Waals surface area contributed by atoms with Crippen molar-refractivity contribution in [2.75, 3.05) is 38.2 Å². The summed E-state index contributed by atoms with van der Waals surface area (Å²) >= 11 is 0. The van der Waals surface area contributed by atoms with E-state index in [9.17, 15) is 4.39 Å². The van der Waals surface area contributed by atoms with E-state index in [0.717, 1.165) is 6.54 Å². The standard InChI is InChI=1S/C12H19FN4O/c1-3-10-11(13)12(16-8-15-10)17-4-5-18-9(7-17)6-14-2/h8-9,14H,3-7H2,1-2H3. The second-order valence-corrected chi connectivity index (χ2v) is 4.31. The number of nitrogens with zero attached hydrogens (tertiary/aromatic N) is 3. The molecular formula is C12H19FN4O. The Morgan fingerprint density at radius 1 is 1.56 bits per heavy atom. The molecule has 1 saturated heterocycles. The van der Waals surface area contributed by atoms with Crippen molar-refractivity contribution in [1.82, 2.24) is 15.3 Å². The Hall–Kier alpha value is -1.27. The van der Waals surface area contributed by atoms with Crippen LogP contribution in [-0.2, 0) is 11.2 Å². The number of ether oxygens (including phenoxy) is 1. The molecule has 1 unspecified atom stereocenters. The Labute approximate surface area is 106 Å². The van der Waals surface area contributed by atoms with E-state index < -0.39 is 0 Å². The molecule has 6 heteroatoms. The first-order valence-electron chi connectivity index (χ1n) is 6.26. The lowest BCUT2D eigenvalue weighted by Crippen LogP contribution is -2.47. The zero-order chi connectivity index (χ0) is 13.0. The number of likely N-dealkylation sites (N-methyl/N-ethyl adjacent to an activating group) is 1. The Balaban J connectivity index is 2.15. The summed E-state index contributed by atoms with van der Waals surface area (Å²) in [7, 11) is 1.88. The van der Waals surface area contributed by atoms with Crippen molar-refractivity contribution in [3.8, 4) is 0 Å². The summed E-state index contributed by atoms with van der Waals surface area (Å²) in [6.07, 6.45) is 2.08. The molecule has 2 rings (SSSR count). The van der Waals surface area contributed by atoms with Crippen LogP contribution in [0, 0.1) is 5.82 Å². The molecule has 0 bridgehead atoms. The Morgan fingerprint density at radius 2 is 2.39 bits per heavy atom. The Kier molecular flexibility index (Phi) is 4.43. The maximum atomic E-state index is 14.1. The molecule has 1 atom stereocenters. The molecule has 1 aromatic rings. The molecule has 0 amide bonds. The zero-order valence-corrected chi connectivity index (χ0v) is 10.8. The largest absolute Gasteiger partial charge is 0.373 e. The molecule has 1 aliphatic rings. The summed E-state index contributed by atoms with van der Waals surface area (Å²) in [6.45, 7) is 4.55. The van der Waals surface area contributed by atoms with Gasteiger partial charge < -0.3 is 15.0 Å².